The molecule has 276 valence electrons. The van der Waals surface area contributed by atoms with Crippen LogP contribution in [0.25, 0.3) is 132 Å². The van der Waals surface area contributed by atoms with Gasteiger partial charge in [0.15, 0.2) is 0 Å². The summed E-state index contributed by atoms with van der Waals surface area (Å²) >= 11 is 0. The van der Waals surface area contributed by atoms with Crippen LogP contribution in [0.15, 0.2) is 194 Å². The molecule has 4 aromatic heterocycles. The van der Waals surface area contributed by atoms with Gasteiger partial charge in [0, 0.05) is 45.1 Å². The molecule has 0 saturated carbocycles. The van der Waals surface area contributed by atoms with Gasteiger partial charge in [0.2, 0.25) is 0 Å². The molecule has 4 heteroatoms. The molecule has 4 nitrogen and oxygen atoms in total. The van der Waals surface area contributed by atoms with Gasteiger partial charge in [0.25, 0.3) is 0 Å². The van der Waals surface area contributed by atoms with Crippen molar-refractivity contribution in [1.82, 2.24) is 19.9 Å². The fraction of sp³-hybridized carbons (Fsp3) is 0. The number of aromatic nitrogens is 4. The Morgan fingerprint density at radius 1 is 0.267 bits per heavy atom. The molecule has 0 saturated heterocycles. The zero-order valence-electron chi connectivity index (χ0n) is 32.3. The van der Waals surface area contributed by atoms with E-state index in [4.69, 9.17) is 19.9 Å². The van der Waals surface area contributed by atoms with Gasteiger partial charge in [-0.3, -0.25) is 9.97 Å². The van der Waals surface area contributed by atoms with E-state index in [-0.39, 0.29) is 0 Å². The van der Waals surface area contributed by atoms with E-state index in [1.54, 1.807) is 0 Å². The average Bonchev–Trinajstić information content (AvgIpc) is 3.65. The summed E-state index contributed by atoms with van der Waals surface area (Å²) in [6.45, 7) is 0. The van der Waals surface area contributed by atoms with E-state index in [0.717, 1.165) is 66.1 Å². The Morgan fingerprint density at radius 2 is 0.667 bits per heavy atom. The molecule has 0 amide bonds. The third-order valence-corrected chi connectivity index (χ3v) is 12.5. The minimum Gasteiger partial charge on any atom is -0.254 e. The van der Waals surface area contributed by atoms with Crippen LogP contribution in [0.3, 0.4) is 0 Å². The van der Waals surface area contributed by atoms with E-state index < -0.39 is 0 Å². The van der Waals surface area contributed by atoms with Gasteiger partial charge in [-0.1, -0.05) is 158 Å². The van der Waals surface area contributed by atoms with Crippen molar-refractivity contribution < 1.29 is 0 Å². The zero-order chi connectivity index (χ0) is 39.3. The van der Waals surface area contributed by atoms with Crippen molar-refractivity contribution in [3.8, 4) is 67.0 Å². The Morgan fingerprint density at radius 3 is 1.13 bits per heavy atom. The monoisotopic (exact) mass is 760 g/mol. The summed E-state index contributed by atoms with van der Waals surface area (Å²) in [6.07, 6.45) is 3.69. The lowest BCUT2D eigenvalue weighted by Gasteiger charge is -2.21. The molecule has 1 aliphatic rings. The van der Waals surface area contributed by atoms with Gasteiger partial charge in [0.1, 0.15) is 0 Å². The molecule has 1 aliphatic carbocycles. The van der Waals surface area contributed by atoms with Crippen LogP contribution in [0.2, 0.25) is 0 Å². The predicted molar refractivity (Wildman–Crippen MR) is 249 cm³/mol. The second kappa shape index (κ2) is 12.7. The third kappa shape index (κ3) is 4.85. The maximum Gasteiger partial charge on any atom is 0.0972 e. The third-order valence-electron chi connectivity index (χ3n) is 12.5. The maximum atomic E-state index is 5.16. The number of nitrogens with zero attached hydrogens (tertiary/aromatic N) is 4. The van der Waals surface area contributed by atoms with E-state index in [1.165, 1.54) is 66.1 Å². The Hall–Kier alpha value is -8.08. The Labute approximate surface area is 345 Å². The first kappa shape index (κ1) is 32.9. The van der Waals surface area contributed by atoms with Crippen molar-refractivity contribution >= 4 is 65.2 Å². The molecule has 4 heterocycles. The van der Waals surface area contributed by atoms with Crippen LogP contribution < -0.4 is 0 Å². The summed E-state index contributed by atoms with van der Waals surface area (Å²) in [5.41, 5.74) is 17.7. The number of hydrogen-bond acceptors (Lipinski definition) is 4. The van der Waals surface area contributed by atoms with Crippen LogP contribution in [0.1, 0.15) is 0 Å². The van der Waals surface area contributed by atoms with Crippen LogP contribution in [0.5, 0.6) is 0 Å². The first-order valence-corrected chi connectivity index (χ1v) is 20.4. The van der Waals surface area contributed by atoms with Crippen molar-refractivity contribution in [3.63, 3.8) is 0 Å². The second-order valence-corrected chi connectivity index (χ2v) is 15.7. The molecule has 0 aliphatic heterocycles. The fourth-order valence-corrected chi connectivity index (χ4v) is 9.72. The number of pyridine rings is 4. The highest BCUT2D eigenvalue weighted by Crippen LogP contribution is 2.57. The molecule has 0 fully saturated rings. The molecule has 0 radical (unpaired) electrons. The lowest BCUT2D eigenvalue weighted by molar-refractivity contribution is 1.37. The van der Waals surface area contributed by atoms with Crippen LogP contribution >= 0.6 is 0 Å². The van der Waals surface area contributed by atoms with Crippen LogP contribution in [0, 0.1) is 0 Å². The first-order chi connectivity index (χ1) is 29.7. The molecule has 0 atom stereocenters. The highest BCUT2D eigenvalue weighted by Gasteiger charge is 2.30. The van der Waals surface area contributed by atoms with Crippen molar-refractivity contribution in [2.75, 3.05) is 0 Å². The highest BCUT2D eigenvalue weighted by atomic mass is 14.8. The molecule has 60 heavy (non-hydrogen) atoms. The molecular weight excluding hydrogens is 729 g/mol. The number of fused-ring (bicyclic) bond motifs is 10. The summed E-state index contributed by atoms with van der Waals surface area (Å²) in [6, 6.07) is 65.6. The molecule has 8 aromatic carbocycles. The Kier molecular flexibility index (Phi) is 6.98. The lowest BCUT2D eigenvalue weighted by atomic mass is 9.82. The lowest BCUT2D eigenvalue weighted by Crippen LogP contribution is -1.94. The summed E-state index contributed by atoms with van der Waals surface area (Å²) in [4.78, 5) is 19.7. The maximum absolute atomic E-state index is 5.16. The molecule has 0 N–H and O–H groups in total. The fourth-order valence-electron chi connectivity index (χ4n) is 9.72. The topological polar surface area (TPSA) is 51.6 Å². The normalized spacial score (nSPS) is 12.0. The summed E-state index contributed by atoms with van der Waals surface area (Å²) in [5, 5.41) is 9.37. The largest absolute Gasteiger partial charge is 0.254 e. The molecule has 0 unspecified atom stereocenters. The van der Waals surface area contributed by atoms with Gasteiger partial charge in [-0.25, -0.2) is 9.97 Å². The van der Waals surface area contributed by atoms with E-state index in [9.17, 15) is 0 Å². The quantitative estimate of drug-likeness (QED) is 0.168. The van der Waals surface area contributed by atoms with Crippen LogP contribution in [-0.4, -0.2) is 19.9 Å². The number of rotatable bonds is 4. The summed E-state index contributed by atoms with van der Waals surface area (Å²) in [7, 11) is 0. The van der Waals surface area contributed by atoms with E-state index in [2.05, 4.69) is 170 Å². The second-order valence-electron chi connectivity index (χ2n) is 15.7. The summed E-state index contributed by atoms with van der Waals surface area (Å²) in [5.74, 6) is 0. The van der Waals surface area contributed by atoms with Gasteiger partial charge >= 0.3 is 0 Å². The van der Waals surface area contributed by atoms with Crippen LogP contribution in [0.4, 0.5) is 0 Å². The molecular formula is C56H32N4. The van der Waals surface area contributed by atoms with Crippen molar-refractivity contribution in [1.29, 1.82) is 0 Å². The Balaban J connectivity index is 0.988. The predicted octanol–water partition coefficient (Wildman–Crippen LogP) is 14.5. The number of benzene rings is 8. The molecule has 12 aromatic rings. The number of hydrogen-bond donors (Lipinski definition) is 0. The minimum atomic E-state index is 0.924. The van der Waals surface area contributed by atoms with Gasteiger partial charge in [-0.05, 0) is 90.3 Å². The standard InChI is InChI=1S/C56H32N4/c1-2-12-43-42(11-1)49(36-19-15-33(16-20-36)46-29-27-40-25-23-38-9-5-31-57-53(38)55(40)59-46)51-44-13-3-7-35-8-4-14-45(48(35)44)52(51)50(43)37-21-17-34(18-22-37)47-30-28-41-26-24-39-10-6-32-58-54(39)56(41)60-47/h1-32H. The van der Waals surface area contributed by atoms with Gasteiger partial charge in [-0.2, -0.15) is 0 Å². The highest BCUT2D eigenvalue weighted by molar-refractivity contribution is 6.27. The average molecular weight is 761 g/mol. The summed E-state index contributed by atoms with van der Waals surface area (Å²) < 4.78 is 0. The van der Waals surface area contributed by atoms with E-state index in [0.29, 0.717) is 0 Å². The zero-order valence-corrected chi connectivity index (χ0v) is 32.3. The Bertz CT molecular complexity index is 3510. The molecule has 13 rings (SSSR count). The van der Waals surface area contributed by atoms with Gasteiger partial charge < -0.3 is 0 Å². The van der Waals surface area contributed by atoms with Crippen molar-refractivity contribution in [2.24, 2.45) is 0 Å². The molecule has 0 bridgehead atoms. The SMILES string of the molecule is c1cc2c3c(cccc3c1)-c1c-2c(-c2ccc(-c3ccc4ccc5cccnc5c4n3)cc2)c2ccccc2c1-c1ccc(-c2ccc3ccc4cccnc4c3n2)cc1. The van der Waals surface area contributed by atoms with E-state index >= 15 is 0 Å². The van der Waals surface area contributed by atoms with Gasteiger partial charge in [-0.15, -0.1) is 0 Å². The minimum absolute atomic E-state index is 0.924. The first-order valence-electron chi connectivity index (χ1n) is 20.4. The van der Waals surface area contributed by atoms with E-state index in [1.807, 2.05) is 24.5 Å². The van der Waals surface area contributed by atoms with Crippen molar-refractivity contribution in [2.45, 2.75) is 0 Å². The molecule has 0 spiro atoms. The van der Waals surface area contributed by atoms with Crippen molar-refractivity contribution in [3.05, 3.63) is 194 Å². The van der Waals surface area contributed by atoms with Crippen LogP contribution in [-0.2, 0) is 0 Å². The van der Waals surface area contributed by atoms with Gasteiger partial charge in [0.05, 0.1) is 33.5 Å². The smallest absolute Gasteiger partial charge is 0.0972 e.